The van der Waals surface area contributed by atoms with Crippen LogP contribution >= 0.6 is 0 Å². The summed E-state index contributed by atoms with van der Waals surface area (Å²) in [6.07, 6.45) is 2.94. The first-order valence-electron chi connectivity index (χ1n) is 9.99. The molecule has 6 nitrogen and oxygen atoms in total. The fraction of sp³-hybridized carbons (Fsp3) is 0.375. The summed E-state index contributed by atoms with van der Waals surface area (Å²) >= 11 is 0. The van der Waals surface area contributed by atoms with Gasteiger partial charge in [0, 0.05) is 39.3 Å². The molecule has 0 fully saturated rings. The topological polar surface area (TPSA) is 51.2 Å². The van der Waals surface area contributed by atoms with Gasteiger partial charge in [0.15, 0.2) is 0 Å². The number of likely N-dealkylation sites (N-methyl/N-ethyl adjacent to an activating group) is 1. The van der Waals surface area contributed by atoms with Gasteiger partial charge in [-0.25, -0.2) is 0 Å². The third kappa shape index (κ3) is 4.44. The molecule has 0 aromatic heterocycles. The quantitative estimate of drug-likeness (QED) is 0.698. The van der Waals surface area contributed by atoms with Gasteiger partial charge in [0.1, 0.15) is 23.3 Å². The molecule has 0 N–H and O–H groups in total. The number of benzene rings is 2. The molecule has 160 valence electrons. The average molecular weight is 411 g/mol. The van der Waals surface area contributed by atoms with E-state index in [4.69, 9.17) is 14.2 Å². The number of nitrogens with zero attached hydrogens (tertiary/aromatic N) is 2. The zero-order valence-electron chi connectivity index (χ0n) is 18.3. The number of carbonyl (C=O) groups is 1. The number of amides is 1. The lowest BCUT2D eigenvalue weighted by atomic mass is 9.95. The third-order valence-electron chi connectivity index (χ3n) is 5.43. The molecule has 30 heavy (non-hydrogen) atoms. The van der Waals surface area contributed by atoms with Crippen molar-refractivity contribution < 1.29 is 19.0 Å². The molecule has 3 rings (SSSR count). The highest BCUT2D eigenvalue weighted by Gasteiger charge is 2.31. The highest BCUT2D eigenvalue weighted by atomic mass is 16.5. The summed E-state index contributed by atoms with van der Waals surface area (Å²) in [6.45, 7) is 1.41. The Labute approximate surface area is 178 Å². The molecule has 1 aliphatic rings. The Morgan fingerprint density at radius 1 is 1.00 bits per heavy atom. The van der Waals surface area contributed by atoms with Crippen LogP contribution in [0.4, 0.5) is 0 Å². The SMILES string of the molecule is COc1cc(OC)c(C2=CCN([C@H](C(=O)N(C)C)c3ccccc3)CC2)c(OC)c1. The molecule has 1 amide bonds. The van der Waals surface area contributed by atoms with E-state index in [2.05, 4.69) is 11.0 Å². The van der Waals surface area contributed by atoms with Crippen molar-refractivity contribution in [2.75, 3.05) is 48.5 Å². The van der Waals surface area contributed by atoms with Crippen molar-refractivity contribution in [3.05, 3.63) is 59.7 Å². The first-order valence-corrected chi connectivity index (χ1v) is 9.99. The zero-order chi connectivity index (χ0) is 21.7. The van der Waals surface area contributed by atoms with Gasteiger partial charge in [0.05, 0.1) is 26.9 Å². The molecular weight excluding hydrogens is 380 g/mol. The van der Waals surface area contributed by atoms with Crippen LogP contribution in [-0.4, -0.2) is 64.2 Å². The lowest BCUT2D eigenvalue weighted by Gasteiger charge is -2.35. The maximum Gasteiger partial charge on any atom is 0.244 e. The molecule has 0 aliphatic carbocycles. The molecule has 0 bridgehead atoms. The van der Waals surface area contributed by atoms with Crippen LogP contribution in [0.5, 0.6) is 17.2 Å². The van der Waals surface area contributed by atoms with E-state index in [0.29, 0.717) is 12.3 Å². The highest BCUT2D eigenvalue weighted by Crippen LogP contribution is 2.41. The molecule has 0 spiro atoms. The van der Waals surface area contributed by atoms with Gasteiger partial charge in [-0.2, -0.15) is 0 Å². The number of hydrogen-bond acceptors (Lipinski definition) is 5. The van der Waals surface area contributed by atoms with E-state index in [9.17, 15) is 4.79 Å². The Morgan fingerprint density at radius 3 is 2.10 bits per heavy atom. The van der Waals surface area contributed by atoms with Crippen LogP contribution in [-0.2, 0) is 4.79 Å². The van der Waals surface area contributed by atoms with Crippen LogP contribution in [0.3, 0.4) is 0 Å². The van der Waals surface area contributed by atoms with Gasteiger partial charge in [-0.1, -0.05) is 36.4 Å². The van der Waals surface area contributed by atoms with E-state index in [1.807, 2.05) is 42.5 Å². The number of methoxy groups -OCH3 is 3. The number of ether oxygens (including phenoxy) is 3. The number of carbonyl (C=O) groups excluding carboxylic acids is 1. The average Bonchev–Trinajstić information content (AvgIpc) is 2.79. The second-order valence-corrected chi connectivity index (χ2v) is 7.43. The summed E-state index contributed by atoms with van der Waals surface area (Å²) in [7, 11) is 8.52. The molecule has 0 saturated heterocycles. The Morgan fingerprint density at radius 2 is 1.63 bits per heavy atom. The maximum absolute atomic E-state index is 13.0. The molecule has 1 heterocycles. The van der Waals surface area contributed by atoms with E-state index in [0.717, 1.165) is 41.2 Å². The third-order valence-corrected chi connectivity index (χ3v) is 5.43. The second kappa shape index (κ2) is 9.67. The Bertz CT molecular complexity index is 884. The lowest BCUT2D eigenvalue weighted by Crippen LogP contribution is -2.42. The van der Waals surface area contributed by atoms with Gasteiger partial charge >= 0.3 is 0 Å². The summed E-state index contributed by atoms with van der Waals surface area (Å²) in [6, 6.07) is 13.4. The highest BCUT2D eigenvalue weighted by molar-refractivity contribution is 5.83. The van der Waals surface area contributed by atoms with Crippen LogP contribution in [0.1, 0.15) is 23.6 Å². The first-order chi connectivity index (χ1) is 14.5. The first kappa shape index (κ1) is 21.7. The summed E-state index contributed by atoms with van der Waals surface area (Å²) < 4.78 is 16.6. The Hall–Kier alpha value is -2.99. The van der Waals surface area contributed by atoms with E-state index in [1.54, 1.807) is 40.3 Å². The van der Waals surface area contributed by atoms with Crippen LogP contribution < -0.4 is 14.2 Å². The summed E-state index contributed by atoms with van der Waals surface area (Å²) in [4.78, 5) is 16.8. The molecule has 1 atom stereocenters. The monoisotopic (exact) mass is 410 g/mol. The van der Waals surface area contributed by atoms with Crippen molar-refractivity contribution in [2.45, 2.75) is 12.5 Å². The standard InChI is InChI=1S/C24H30N2O4/c1-25(2)24(27)23(18-9-7-6-8-10-18)26-13-11-17(12-14-26)22-20(29-4)15-19(28-3)16-21(22)30-5/h6-11,15-16,23H,12-14H2,1-5H3/t23-/m0/s1. The normalized spacial score (nSPS) is 15.2. The van der Waals surface area contributed by atoms with Crippen LogP contribution in [0.2, 0.25) is 0 Å². The Kier molecular flexibility index (Phi) is 7.00. The number of rotatable bonds is 7. The summed E-state index contributed by atoms with van der Waals surface area (Å²) in [5, 5.41) is 0. The van der Waals surface area contributed by atoms with Crippen molar-refractivity contribution in [1.82, 2.24) is 9.80 Å². The fourth-order valence-corrected chi connectivity index (χ4v) is 3.86. The van der Waals surface area contributed by atoms with E-state index < -0.39 is 0 Å². The maximum atomic E-state index is 13.0. The van der Waals surface area contributed by atoms with Crippen molar-refractivity contribution in [1.29, 1.82) is 0 Å². The molecule has 6 heteroatoms. The van der Waals surface area contributed by atoms with Crippen molar-refractivity contribution in [2.24, 2.45) is 0 Å². The molecule has 0 unspecified atom stereocenters. The van der Waals surface area contributed by atoms with Gasteiger partial charge in [-0.15, -0.1) is 0 Å². The minimum Gasteiger partial charge on any atom is -0.496 e. The van der Waals surface area contributed by atoms with Gasteiger partial charge in [0.2, 0.25) is 5.91 Å². The summed E-state index contributed by atoms with van der Waals surface area (Å²) in [5.41, 5.74) is 3.09. The van der Waals surface area contributed by atoms with Gasteiger partial charge < -0.3 is 19.1 Å². The van der Waals surface area contributed by atoms with Gasteiger partial charge in [0.25, 0.3) is 0 Å². The molecule has 0 saturated carbocycles. The molecule has 2 aromatic carbocycles. The minimum atomic E-state index is -0.307. The van der Waals surface area contributed by atoms with Gasteiger partial charge in [-0.3, -0.25) is 9.69 Å². The lowest BCUT2D eigenvalue weighted by molar-refractivity contribution is -0.134. The van der Waals surface area contributed by atoms with Crippen LogP contribution in [0.25, 0.3) is 5.57 Å². The predicted molar refractivity (Wildman–Crippen MR) is 118 cm³/mol. The second-order valence-electron chi connectivity index (χ2n) is 7.43. The van der Waals surface area contributed by atoms with E-state index in [1.165, 1.54) is 0 Å². The van der Waals surface area contributed by atoms with Gasteiger partial charge in [-0.05, 0) is 17.6 Å². The van der Waals surface area contributed by atoms with E-state index >= 15 is 0 Å². The van der Waals surface area contributed by atoms with E-state index in [-0.39, 0.29) is 11.9 Å². The van der Waals surface area contributed by atoms with Crippen molar-refractivity contribution in [3.63, 3.8) is 0 Å². The smallest absolute Gasteiger partial charge is 0.244 e. The molecular formula is C24H30N2O4. The predicted octanol–water partition coefficient (Wildman–Crippen LogP) is 3.63. The van der Waals surface area contributed by atoms with Crippen LogP contribution in [0.15, 0.2) is 48.5 Å². The van der Waals surface area contributed by atoms with Crippen molar-refractivity contribution in [3.8, 4) is 17.2 Å². The molecule has 0 radical (unpaired) electrons. The summed E-state index contributed by atoms with van der Waals surface area (Å²) in [5.74, 6) is 2.20. The van der Waals surface area contributed by atoms with Crippen LogP contribution in [0, 0.1) is 0 Å². The molecule has 2 aromatic rings. The minimum absolute atomic E-state index is 0.0812. The molecule has 1 aliphatic heterocycles. The largest absolute Gasteiger partial charge is 0.496 e. The Balaban J connectivity index is 1.93. The fourth-order valence-electron chi connectivity index (χ4n) is 3.86. The van der Waals surface area contributed by atoms with Crippen molar-refractivity contribution >= 4 is 11.5 Å². The zero-order valence-corrected chi connectivity index (χ0v) is 18.3. The number of hydrogen-bond donors (Lipinski definition) is 0.